The number of aromatic nitrogens is 1. The summed E-state index contributed by atoms with van der Waals surface area (Å²) in [4.78, 5) is 4.85. The standard InChI is InChI=1S/C3H2FNSe/c4-3-5-1-2-6-3/h1-2H. The number of hydrogen-bond acceptors (Lipinski definition) is 1. The van der Waals surface area contributed by atoms with Crippen molar-refractivity contribution in [3.05, 3.63) is 16.0 Å². The van der Waals surface area contributed by atoms with E-state index in [4.69, 9.17) is 0 Å². The first-order valence-corrected chi connectivity index (χ1v) is 3.29. The van der Waals surface area contributed by atoms with Gasteiger partial charge in [-0.1, -0.05) is 0 Å². The summed E-state index contributed by atoms with van der Waals surface area (Å²) < 4.78 is 11.6. The fourth-order valence-electron chi connectivity index (χ4n) is 0.206. The molecule has 0 saturated carbocycles. The molecule has 0 atom stereocenters. The van der Waals surface area contributed by atoms with E-state index in [0.717, 1.165) is 0 Å². The molecule has 1 aromatic rings. The van der Waals surface area contributed by atoms with Crippen LogP contribution in [-0.4, -0.2) is 19.5 Å². The van der Waals surface area contributed by atoms with E-state index in [1.54, 1.807) is 4.94 Å². The number of nitrogens with zero attached hydrogens (tertiary/aromatic N) is 1. The molecule has 0 aliphatic heterocycles. The molecule has 0 aliphatic rings. The predicted octanol–water partition coefficient (Wildman–Crippen LogP) is 0.278. The Morgan fingerprint density at radius 2 is 2.67 bits per heavy atom. The van der Waals surface area contributed by atoms with Gasteiger partial charge >= 0.3 is 39.8 Å². The van der Waals surface area contributed by atoms with Crippen LogP contribution in [0, 0.1) is 4.82 Å². The molecule has 0 saturated heterocycles. The van der Waals surface area contributed by atoms with Crippen LogP contribution in [0.1, 0.15) is 0 Å². The summed E-state index contributed by atoms with van der Waals surface area (Å²) in [5, 5.41) is 0. The van der Waals surface area contributed by atoms with E-state index in [1.165, 1.54) is 6.20 Å². The van der Waals surface area contributed by atoms with Crippen LogP contribution in [0.5, 0.6) is 0 Å². The molecule has 0 unspecified atom stereocenters. The van der Waals surface area contributed by atoms with Crippen molar-refractivity contribution >= 4 is 14.5 Å². The second-order valence-corrected chi connectivity index (χ2v) is 2.56. The van der Waals surface area contributed by atoms with Crippen LogP contribution in [0.3, 0.4) is 0 Å². The van der Waals surface area contributed by atoms with E-state index >= 15 is 0 Å². The number of hydrogen-bond donors (Lipinski definition) is 0. The molecule has 0 amide bonds. The van der Waals surface area contributed by atoms with Gasteiger partial charge in [0.15, 0.2) is 0 Å². The fraction of sp³-hybridized carbons (Fsp3) is 0. The zero-order valence-corrected chi connectivity index (χ0v) is 4.60. The molecule has 0 bridgehead atoms. The van der Waals surface area contributed by atoms with Crippen LogP contribution < -0.4 is 0 Å². The first kappa shape index (κ1) is 4.03. The predicted molar refractivity (Wildman–Crippen MR) is 21.1 cm³/mol. The maximum absolute atomic E-state index is 11.6. The van der Waals surface area contributed by atoms with E-state index < -0.39 is 0 Å². The molecule has 0 aromatic carbocycles. The summed E-state index contributed by atoms with van der Waals surface area (Å²) in [7, 11) is 0. The molecule has 1 nitrogen and oxygen atoms in total. The second-order valence-electron chi connectivity index (χ2n) is 0.785. The second kappa shape index (κ2) is 1.54. The van der Waals surface area contributed by atoms with Gasteiger partial charge in [-0.15, -0.1) is 0 Å². The van der Waals surface area contributed by atoms with Crippen LogP contribution in [0.2, 0.25) is 0 Å². The van der Waals surface area contributed by atoms with Crippen molar-refractivity contribution in [1.82, 2.24) is 4.98 Å². The van der Waals surface area contributed by atoms with Crippen molar-refractivity contribution < 1.29 is 4.39 Å². The molecule has 32 valence electrons. The molecular weight excluding hydrogens is 148 g/mol. The Bertz CT molecular complexity index is 114. The summed E-state index contributed by atoms with van der Waals surface area (Å²) in [6, 6.07) is 0. The van der Waals surface area contributed by atoms with Gasteiger partial charge in [0.05, 0.1) is 0 Å². The molecule has 3 heteroatoms. The zero-order chi connectivity index (χ0) is 4.41. The fourth-order valence-corrected chi connectivity index (χ4v) is 0.952. The van der Waals surface area contributed by atoms with Gasteiger partial charge in [0.25, 0.3) is 0 Å². The van der Waals surface area contributed by atoms with Crippen LogP contribution in [-0.2, 0) is 0 Å². The Kier molecular flexibility index (Phi) is 1.03. The third kappa shape index (κ3) is 0.671. The van der Waals surface area contributed by atoms with Gasteiger partial charge in [-0.2, -0.15) is 0 Å². The molecule has 1 heterocycles. The van der Waals surface area contributed by atoms with Gasteiger partial charge < -0.3 is 0 Å². The maximum atomic E-state index is 11.6. The average Bonchev–Trinajstić information content (AvgIpc) is 1.86. The van der Waals surface area contributed by atoms with E-state index in [9.17, 15) is 4.39 Å². The van der Waals surface area contributed by atoms with Crippen LogP contribution in [0.4, 0.5) is 4.39 Å². The summed E-state index contributed by atoms with van der Waals surface area (Å²) in [5.74, 6) is 0. The summed E-state index contributed by atoms with van der Waals surface area (Å²) in [6.45, 7) is 0. The van der Waals surface area contributed by atoms with E-state index in [-0.39, 0.29) is 19.3 Å². The van der Waals surface area contributed by atoms with Gasteiger partial charge in [-0.05, 0) is 0 Å². The summed E-state index contributed by atoms with van der Waals surface area (Å²) in [5.41, 5.74) is 0. The Balaban J connectivity index is 3.05. The van der Waals surface area contributed by atoms with Gasteiger partial charge in [0.2, 0.25) is 0 Å². The normalized spacial score (nSPS) is 8.83. The number of rotatable bonds is 0. The molecule has 6 heavy (non-hydrogen) atoms. The molecule has 1 aromatic heterocycles. The van der Waals surface area contributed by atoms with Gasteiger partial charge in [0.1, 0.15) is 0 Å². The van der Waals surface area contributed by atoms with Crippen LogP contribution in [0.15, 0.2) is 11.1 Å². The quantitative estimate of drug-likeness (QED) is 0.484. The van der Waals surface area contributed by atoms with Crippen molar-refractivity contribution in [1.29, 1.82) is 0 Å². The third-order valence-electron chi connectivity index (χ3n) is 0.402. The van der Waals surface area contributed by atoms with Crippen LogP contribution in [0.25, 0.3) is 0 Å². The Hall–Kier alpha value is -0.141. The molecule has 1 rings (SSSR count). The van der Waals surface area contributed by atoms with E-state index in [0.29, 0.717) is 0 Å². The zero-order valence-electron chi connectivity index (χ0n) is 2.89. The van der Waals surface area contributed by atoms with E-state index in [1.807, 2.05) is 0 Å². The van der Waals surface area contributed by atoms with Crippen molar-refractivity contribution in [3.8, 4) is 0 Å². The molecule has 0 spiro atoms. The van der Waals surface area contributed by atoms with Gasteiger partial charge in [-0.25, -0.2) is 0 Å². The number of halogens is 1. The van der Waals surface area contributed by atoms with Crippen molar-refractivity contribution in [3.63, 3.8) is 0 Å². The topological polar surface area (TPSA) is 12.9 Å². The minimum absolute atomic E-state index is 0.0694. The summed E-state index contributed by atoms with van der Waals surface area (Å²) >= 11 is -0.0694. The first-order chi connectivity index (χ1) is 2.89. The minimum atomic E-state index is -0.220. The third-order valence-corrected chi connectivity index (χ3v) is 1.57. The Morgan fingerprint density at radius 3 is 2.83 bits per heavy atom. The monoisotopic (exact) mass is 151 g/mol. The first-order valence-electron chi connectivity index (χ1n) is 1.44. The van der Waals surface area contributed by atoms with Gasteiger partial charge in [-0.3, -0.25) is 0 Å². The molecular formula is C3H2FNSe. The average molecular weight is 150 g/mol. The molecule has 0 aliphatic carbocycles. The Morgan fingerprint density at radius 1 is 1.83 bits per heavy atom. The molecule has 0 N–H and O–H groups in total. The SMILES string of the molecule is Fc1ncc[se]1. The van der Waals surface area contributed by atoms with Crippen molar-refractivity contribution in [2.24, 2.45) is 0 Å². The Labute approximate surface area is 40.6 Å². The summed E-state index contributed by atoms with van der Waals surface area (Å²) in [6.07, 6.45) is 1.50. The van der Waals surface area contributed by atoms with Crippen molar-refractivity contribution in [2.45, 2.75) is 0 Å². The van der Waals surface area contributed by atoms with Gasteiger partial charge in [0, 0.05) is 0 Å². The van der Waals surface area contributed by atoms with Crippen LogP contribution >= 0.6 is 0 Å². The van der Waals surface area contributed by atoms with E-state index in [2.05, 4.69) is 4.98 Å². The van der Waals surface area contributed by atoms with Crippen molar-refractivity contribution in [2.75, 3.05) is 0 Å². The molecule has 0 fully saturated rings. The molecule has 0 radical (unpaired) electrons.